The normalized spacial score (nSPS) is 8.71. The van der Waals surface area contributed by atoms with Crippen LogP contribution >= 0.6 is 0 Å². The summed E-state index contributed by atoms with van der Waals surface area (Å²) in [7, 11) is 0. The van der Waals surface area contributed by atoms with Crippen molar-refractivity contribution in [2.24, 2.45) is 0 Å². The number of hydrogen-bond acceptors (Lipinski definition) is 0. The largest absolute Gasteiger partial charge is 0.180 e. The molecule has 0 saturated carbocycles. The first-order chi connectivity index (χ1) is 6.24. The molecule has 0 amide bonds. The van der Waals surface area contributed by atoms with Gasteiger partial charge in [0.15, 0.2) is 0 Å². The van der Waals surface area contributed by atoms with Crippen molar-refractivity contribution in [1.82, 2.24) is 0 Å². The third-order valence-electron chi connectivity index (χ3n) is 1.93. The van der Waals surface area contributed by atoms with Gasteiger partial charge in [0.2, 0.25) is 0 Å². The van der Waals surface area contributed by atoms with E-state index in [4.69, 9.17) is 0 Å². The van der Waals surface area contributed by atoms with Gasteiger partial charge in [-0.3, -0.25) is 0 Å². The maximum Gasteiger partial charge on any atom is 0 e. The summed E-state index contributed by atoms with van der Waals surface area (Å²) in [6.45, 7) is 10.5. The molecule has 0 spiro atoms. The monoisotopic (exact) mass is 228 g/mol. The summed E-state index contributed by atoms with van der Waals surface area (Å²) in [6, 6.07) is 9.74. The van der Waals surface area contributed by atoms with E-state index in [-0.39, 0.29) is 18.6 Å². The van der Waals surface area contributed by atoms with E-state index in [0.29, 0.717) is 5.92 Å². The van der Waals surface area contributed by atoms with Gasteiger partial charge >= 0.3 is 0 Å². The molecule has 1 aromatic rings. The first-order valence-electron chi connectivity index (χ1n) is 5.24. The minimum atomic E-state index is 0. The Kier molecular flexibility index (Phi) is 10.9. The SMILES string of the molecule is CC.CCc1c[c-]c(C(C)C)cc1.[V]. The van der Waals surface area contributed by atoms with Crippen LogP contribution in [0.15, 0.2) is 18.2 Å². The summed E-state index contributed by atoms with van der Waals surface area (Å²) in [4.78, 5) is 0. The van der Waals surface area contributed by atoms with Gasteiger partial charge in [-0.2, -0.15) is 35.4 Å². The molecule has 0 bridgehead atoms. The quantitative estimate of drug-likeness (QED) is 0.665. The molecule has 1 heteroatoms. The average Bonchev–Trinajstić information content (AvgIpc) is 2.21. The van der Waals surface area contributed by atoms with Crippen LogP contribution in [0.2, 0.25) is 0 Å². The van der Waals surface area contributed by atoms with Crippen LogP contribution in [0.25, 0.3) is 0 Å². The number of hydrogen-bond donors (Lipinski definition) is 0. The van der Waals surface area contributed by atoms with Crippen molar-refractivity contribution >= 4 is 0 Å². The van der Waals surface area contributed by atoms with Crippen LogP contribution < -0.4 is 0 Å². The van der Waals surface area contributed by atoms with Gasteiger partial charge in [-0.15, -0.1) is 0 Å². The van der Waals surface area contributed by atoms with Crippen LogP contribution in [0.1, 0.15) is 51.7 Å². The van der Waals surface area contributed by atoms with E-state index in [9.17, 15) is 0 Å². The van der Waals surface area contributed by atoms with Gasteiger partial charge < -0.3 is 0 Å². The molecule has 0 aliphatic heterocycles. The molecule has 0 aromatic heterocycles. The topological polar surface area (TPSA) is 0 Å². The molecule has 0 saturated heterocycles. The van der Waals surface area contributed by atoms with E-state index in [2.05, 4.69) is 45.0 Å². The van der Waals surface area contributed by atoms with Gasteiger partial charge in [0, 0.05) is 18.6 Å². The molecule has 0 heterocycles. The molecule has 1 rings (SSSR count). The van der Waals surface area contributed by atoms with Crippen molar-refractivity contribution in [1.29, 1.82) is 0 Å². The van der Waals surface area contributed by atoms with Gasteiger partial charge in [-0.05, 0) is 5.92 Å². The third kappa shape index (κ3) is 5.52. The van der Waals surface area contributed by atoms with Crippen molar-refractivity contribution in [2.75, 3.05) is 0 Å². The molecule has 0 fully saturated rings. The summed E-state index contributed by atoms with van der Waals surface area (Å²) in [6.07, 6.45) is 1.11. The van der Waals surface area contributed by atoms with Crippen LogP contribution in [-0.4, -0.2) is 0 Å². The first-order valence-corrected chi connectivity index (χ1v) is 5.24. The Morgan fingerprint density at radius 2 is 1.79 bits per heavy atom. The summed E-state index contributed by atoms with van der Waals surface area (Å²) in [5, 5.41) is 0. The Morgan fingerprint density at radius 3 is 2.07 bits per heavy atom. The molecule has 0 atom stereocenters. The van der Waals surface area contributed by atoms with E-state index in [1.807, 2.05) is 13.8 Å². The van der Waals surface area contributed by atoms with Crippen molar-refractivity contribution in [3.8, 4) is 0 Å². The van der Waals surface area contributed by atoms with Gasteiger partial charge in [0.25, 0.3) is 0 Å². The molecule has 0 aliphatic rings. The smallest absolute Gasteiger partial charge is 0 e. The van der Waals surface area contributed by atoms with E-state index < -0.39 is 0 Å². The van der Waals surface area contributed by atoms with E-state index in [1.54, 1.807) is 0 Å². The zero-order chi connectivity index (χ0) is 10.3. The molecule has 79 valence electrons. The minimum Gasteiger partial charge on any atom is -0.180 e. The Morgan fingerprint density at radius 1 is 1.21 bits per heavy atom. The minimum absolute atomic E-state index is 0. The molecule has 0 nitrogen and oxygen atoms in total. The van der Waals surface area contributed by atoms with Gasteiger partial charge in [0.05, 0.1) is 0 Å². The molecular weight excluding hydrogens is 207 g/mol. The van der Waals surface area contributed by atoms with Gasteiger partial charge in [0.1, 0.15) is 0 Å². The first kappa shape index (κ1) is 16.2. The van der Waals surface area contributed by atoms with E-state index >= 15 is 0 Å². The van der Waals surface area contributed by atoms with Crippen molar-refractivity contribution in [2.45, 2.75) is 47.0 Å². The fourth-order valence-corrected chi connectivity index (χ4v) is 1.05. The molecule has 1 radical (unpaired) electrons. The fourth-order valence-electron chi connectivity index (χ4n) is 1.05. The summed E-state index contributed by atoms with van der Waals surface area (Å²) < 4.78 is 0. The zero-order valence-electron chi connectivity index (χ0n) is 9.96. The number of rotatable bonds is 2. The number of benzene rings is 1. The van der Waals surface area contributed by atoms with Crippen LogP contribution in [0.4, 0.5) is 0 Å². The van der Waals surface area contributed by atoms with Crippen molar-refractivity contribution < 1.29 is 18.6 Å². The standard InChI is InChI=1S/C11H15.C2H6.V/c1-4-10-5-7-11(8-6-10)9(2)3;1-2;/h5-7,9H,4H2,1-3H3;1-2H3;/q-1;;. The third-order valence-corrected chi connectivity index (χ3v) is 1.93. The molecular formula is C13H21V-. The maximum atomic E-state index is 3.29. The Hall–Kier alpha value is -0.196. The molecule has 14 heavy (non-hydrogen) atoms. The Balaban J connectivity index is 0. The Bertz CT molecular complexity index is 211. The van der Waals surface area contributed by atoms with Crippen LogP contribution in [0.3, 0.4) is 0 Å². The van der Waals surface area contributed by atoms with Gasteiger partial charge in [-0.25, -0.2) is 0 Å². The van der Waals surface area contributed by atoms with E-state index in [0.717, 1.165) is 6.42 Å². The molecule has 1 aromatic carbocycles. The second-order valence-electron chi connectivity index (χ2n) is 3.16. The van der Waals surface area contributed by atoms with Crippen LogP contribution in [-0.2, 0) is 25.0 Å². The fraction of sp³-hybridized carbons (Fsp3) is 0.538. The predicted octanol–water partition coefficient (Wildman–Crippen LogP) is 4.20. The second-order valence-corrected chi connectivity index (χ2v) is 3.16. The van der Waals surface area contributed by atoms with Gasteiger partial charge in [-0.1, -0.05) is 41.0 Å². The molecule has 0 N–H and O–H groups in total. The summed E-state index contributed by atoms with van der Waals surface area (Å²) in [5.41, 5.74) is 2.68. The predicted molar refractivity (Wildman–Crippen MR) is 60.1 cm³/mol. The average molecular weight is 228 g/mol. The molecule has 0 aliphatic carbocycles. The zero-order valence-corrected chi connectivity index (χ0v) is 11.4. The number of aryl methyl sites for hydroxylation is 1. The maximum absolute atomic E-state index is 3.29. The van der Waals surface area contributed by atoms with Crippen molar-refractivity contribution in [3.63, 3.8) is 0 Å². The van der Waals surface area contributed by atoms with Crippen LogP contribution in [0, 0.1) is 6.07 Å². The van der Waals surface area contributed by atoms with Crippen LogP contribution in [0.5, 0.6) is 0 Å². The Labute approximate surface area is 101 Å². The summed E-state index contributed by atoms with van der Waals surface area (Å²) >= 11 is 0. The van der Waals surface area contributed by atoms with E-state index in [1.165, 1.54) is 11.1 Å². The second kappa shape index (κ2) is 9.36. The summed E-state index contributed by atoms with van der Waals surface area (Å²) in [5.74, 6) is 0.598. The van der Waals surface area contributed by atoms with Crippen molar-refractivity contribution in [3.05, 3.63) is 35.4 Å². The molecule has 0 unspecified atom stereocenters.